The molecule has 1 heterocycles. The largest absolute Gasteiger partial charge is 0.454 e. The summed E-state index contributed by atoms with van der Waals surface area (Å²) < 4.78 is 6.66. The van der Waals surface area contributed by atoms with Gasteiger partial charge in [-0.3, -0.25) is 19.7 Å². The number of aryl methyl sites for hydroxylation is 1. The van der Waals surface area contributed by atoms with E-state index >= 15 is 0 Å². The fourth-order valence-electron chi connectivity index (χ4n) is 2.66. The third-order valence-corrected chi connectivity index (χ3v) is 4.16. The number of amides is 1. The molecule has 144 valence electrons. The van der Waals surface area contributed by atoms with Crippen LogP contribution in [0.5, 0.6) is 0 Å². The normalized spacial score (nSPS) is 10.6. The van der Waals surface area contributed by atoms with Gasteiger partial charge in [0.05, 0.1) is 16.0 Å². The van der Waals surface area contributed by atoms with Gasteiger partial charge in [-0.1, -0.05) is 23.7 Å². The molecule has 0 aliphatic carbocycles. The van der Waals surface area contributed by atoms with E-state index in [0.717, 1.165) is 17.1 Å². The van der Waals surface area contributed by atoms with Crippen molar-refractivity contribution in [1.29, 1.82) is 0 Å². The van der Waals surface area contributed by atoms with E-state index in [1.54, 1.807) is 11.5 Å². The van der Waals surface area contributed by atoms with E-state index in [9.17, 15) is 19.7 Å². The van der Waals surface area contributed by atoms with E-state index in [1.165, 1.54) is 12.1 Å². The van der Waals surface area contributed by atoms with Gasteiger partial charge in [0.15, 0.2) is 6.61 Å². The zero-order chi connectivity index (χ0) is 20.3. The number of aromatic nitrogens is 2. The molecule has 0 bridgehead atoms. The van der Waals surface area contributed by atoms with Crippen LogP contribution in [0.1, 0.15) is 5.82 Å². The maximum absolute atomic E-state index is 12.1. The molecule has 1 N–H and O–H groups in total. The van der Waals surface area contributed by atoms with Crippen molar-refractivity contribution in [2.24, 2.45) is 0 Å². The summed E-state index contributed by atoms with van der Waals surface area (Å²) in [6.07, 6.45) is 0. The Morgan fingerprint density at radius 1 is 1.29 bits per heavy atom. The molecule has 0 saturated heterocycles. The van der Waals surface area contributed by atoms with Crippen LogP contribution in [0, 0.1) is 17.0 Å². The van der Waals surface area contributed by atoms with Crippen LogP contribution < -0.4 is 5.32 Å². The number of nitro benzene ring substituents is 1. The van der Waals surface area contributed by atoms with Crippen molar-refractivity contribution in [2.75, 3.05) is 11.9 Å². The Bertz CT molecular complexity index is 1080. The number of hydrogen-bond acceptors (Lipinski definition) is 6. The number of carbonyl (C=O) groups excluding carboxylic acids is 2. The predicted octanol–water partition coefficient (Wildman–Crippen LogP) is 3.09. The first-order valence-corrected chi connectivity index (χ1v) is 8.54. The zero-order valence-corrected chi connectivity index (χ0v) is 15.5. The zero-order valence-electron chi connectivity index (χ0n) is 14.7. The number of para-hydroxylation sites is 2. The van der Waals surface area contributed by atoms with Crippen molar-refractivity contribution in [3.05, 3.63) is 63.4 Å². The molecule has 1 aromatic heterocycles. The van der Waals surface area contributed by atoms with E-state index in [0.29, 0.717) is 5.82 Å². The molecule has 3 rings (SSSR count). The molecule has 28 heavy (non-hydrogen) atoms. The van der Waals surface area contributed by atoms with E-state index in [-0.39, 0.29) is 22.9 Å². The number of halogens is 1. The Kier molecular flexibility index (Phi) is 5.55. The number of nitro groups is 1. The second-order valence-corrected chi connectivity index (χ2v) is 6.30. The average molecular weight is 403 g/mol. The Labute approximate surface area is 164 Å². The van der Waals surface area contributed by atoms with E-state index in [2.05, 4.69) is 10.3 Å². The number of benzene rings is 2. The van der Waals surface area contributed by atoms with Gasteiger partial charge in [-0.05, 0) is 31.2 Å². The molecule has 0 unspecified atom stereocenters. The van der Waals surface area contributed by atoms with Crippen molar-refractivity contribution in [3.8, 4) is 0 Å². The minimum Gasteiger partial charge on any atom is -0.454 e. The van der Waals surface area contributed by atoms with Crippen LogP contribution in [0.2, 0.25) is 5.02 Å². The Hall–Kier alpha value is -3.46. The molecule has 0 radical (unpaired) electrons. The van der Waals surface area contributed by atoms with Gasteiger partial charge in [0, 0.05) is 11.1 Å². The topological polar surface area (TPSA) is 116 Å². The summed E-state index contributed by atoms with van der Waals surface area (Å²) in [7, 11) is 0. The first kappa shape index (κ1) is 19.3. The molecule has 0 saturated carbocycles. The first-order valence-electron chi connectivity index (χ1n) is 8.16. The monoisotopic (exact) mass is 402 g/mol. The van der Waals surface area contributed by atoms with Gasteiger partial charge in [-0.2, -0.15) is 0 Å². The second-order valence-electron chi connectivity index (χ2n) is 5.86. The van der Waals surface area contributed by atoms with Crippen LogP contribution in [-0.4, -0.2) is 33.0 Å². The van der Waals surface area contributed by atoms with Crippen LogP contribution in [0.4, 0.5) is 11.4 Å². The maximum atomic E-state index is 12.1. The Morgan fingerprint density at radius 2 is 2.04 bits per heavy atom. The van der Waals surface area contributed by atoms with Crippen LogP contribution in [0.25, 0.3) is 11.0 Å². The number of nitrogens with zero attached hydrogens (tertiary/aromatic N) is 3. The van der Waals surface area contributed by atoms with Crippen LogP contribution >= 0.6 is 11.6 Å². The van der Waals surface area contributed by atoms with Crippen molar-refractivity contribution in [1.82, 2.24) is 9.55 Å². The number of esters is 1. The second kappa shape index (κ2) is 8.05. The lowest BCUT2D eigenvalue weighted by Gasteiger charge is -2.09. The lowest BCUT2D eigenvalue weighted by Crippen LogP contribution is -2.23. The van der Waals surface area contributed by atoms with E-state index < -0.39 is 23.4 Å². The molecule has 1 amide bonds. The summed E-state index contributed by atoms with van der Waals surface area (Å²) in [5.74, 6) is -0.697. The van der Waals surface area contributed by atoms with Crippen LogP contribution in [-0.2, 0) is 20.9 Å². The summed E-state index contributed by atoms with van der Waals surface area (Å²) >= 11 is 5.73. The van der Waals surface area contributed by atoms with Gasteiger partial charge in [-0.15, -0.1) is 0 Å². The predicted molar refractivity (Wildman–Crippen MR) is 102 cm³/mol. The van der Waals surface area contributed by atoms with E-state index in [4.69, 9.17) is 16.3 Å². The fraction of sp³-hybridized carbons (Fsp3) is 0.167. The molecule has 0 aliphatic heterocycles. The summed E-state index contributed by atoms with van der Waals surface area (Å²) in [4.78, 5) is 38.8. The number of rotatable bonds is 6. The third-order valence-electron chi connectivity index (χ3n) is 3.93. The summed E-state index contributed by atoms with van der Waals surface area (Å²) in [5, 5.41) is 13.5. The fourth-order valence-corrected chi connectivity index (χ4v) is 2.83. The van der Waals surface area contributed by atoms with Crippen LogP contribution in [0.15, 0.2) is 42.5 Å². The molecular formula is C18H15ClN4O5. The van der Waals surface area contributed by atoms with Gasteiger partial charge in [0.25, 0.3) is 11.6 Å². The quantitative estimate of drug-likeness (QED) is 0.384. The van der Waals surface area contributed by atoms with Gasteiger partial charge >= 0.3 is 5.97 Å². The number of imidazole rings is 1. The maximum Gasteiger partial charge on any atom is 0.326 e. The molecule has 0 spiro atoms. The molecule has 0 atom stereocenters. The van der Waals surface area contributed by atoms with Crippen LogP contribution in [0.3, 0.4) is 0 Å². The minimum atomic E-state index is -0.703. The molecule has 0 aliphatic rings. The number of nitrogens with one attached hydrogen (secondary N) is 1. The third kappa shape index (κ3) is 4.26. The van der Waals surface area contributed by atoms with E-state index in [1.807, 2.05) is 24.3 Å². The van der Waals surface area contributed by atoms with Gasteiger partial charge in [0.1, 0.15) is 18.1 Å². The van der Waals surface area contributed by atoms with Crippen molar-refractivity contribution < 1.29 is 19.2 Å². The summed E-state index contributed by atoms with van der Waals surface area (Å²) in [5.41, 5.74) is 1.14. The number of ether oxygens (including phenoxy) is 1. The highest BCUT2D eigenvalue weighted by Gasteiger charge is 2.18. The summed E-state index contributed by atoms with van der Waals surface area (Å²) in [6, 6.07) is 11.2. The highest BCUT2D eigenvalue weighted by molar-refractivity contribution is 6.31. The lowest BCUT2D eigenvalue weighted by molar-refractivity contribution is -0.383. The van der Waals surface area contributed by atoms with Crippen molar-refractivity contribution >= 4 is 45.9 Å². The smallest absolute Gasteiger partial charge is 0.326 e. The first-order chi connectivity index (χ1) is 13.3. The minimum absolute atomic E-state index is 0.0353. The molecule has 10 heteroatoms. The molecule has 0 fully saturated rings. The van der Waals surface area contributed by atoms with Gasteiger partial charge in [0.2, 0.25) is 0 Å². The number of anilines is 1. The molecule has 9 nitrogen and oxygen atoms in total. The number of fused-ring (bicyclic) bond motifs is 1. The Morgan fingerprint density at radius 3 is 2.79 bits per heavy atom. The number of hydrogen-bond donors (Lipinski definition) is 1. The van der Waals surface area contributed by atoms with Crippen molar-refractivity contribution in [3.63, 3.8) is 0 Å². The molecular weight excluding hydrogens is 388 g/mol. The molecule has 2 aromatic carbocycles. The van der Waals surface area contributed by atoms with Gasteiger partial charge in [-0.25, -0.2) is 4.98 Å². The Balaban J connectivity index is 1.61. The highest BCUT2D eigenvalue weighted by Crippen LogP contribution is 2.27. The number of carbonyl (C=O) groups is 2. The highest BCUT2D eigenvalue weighted by atomic mass is 35.5. The average Bonchev–Trinajstić information content (AvgIpc) is 2.97. The SMILES string of the molecule is Cc1nc2ccccc2n1CC(=O)OCC(=O)Nc1ccc(Cl)cc1[N+](=O)[O-]. The lowest BCUT2D eigenvalue weighted by atomic mass is 10.2. The van der Waals surface area contributed by atoms with Gasteiger partial charge < -0.3 is 14.6 Å². The summed E-state index contributed by atoms with van der Waals surface area (Å²) in [6.45, 7) is 1.07. The van der Waals surface area contributed by atoms with Crippen molar-refractivity contribution in [2.45, 2.75) is 13.5 Å². The standard InChI is InChI=1S/C18H15ClN4O5/c1-11-20-13-4-2-3-5-15(13)22(11)9-18(25)28-10-17(24)21-14-7-6-12(19)8-16(14)23(26)27/h2-8H,9-10H2,1H3,(H,21,24). The molecule has 3 aromatic rings.